The highest BCUT2D eigenvalue weighted by atomic mass is 16.1. The summed E-state index contributed by atoms with van der Waals surface area (Å²) in [6, 6.07) is 9.63. The lowest BCUT2D eigenvalue weighted by Gasteiger charge is -2.13. The molecule has 2 aromatic rings. The van der Waals surface area contributed by atoms with Crippen LogP contribution in [0.2, 0.25) is 0 Å². The third-order valence-electron chi connectivity index (χ3n) is 3.58. The van der Waals surface area contributed by atoms with Gasteiger partial charge in [-0.05, 0) is 56.0 Å². The normalized spacial score (nSPS) is 10.4. The summed E-state index contributed by atoms with van der Waals surface area (Å²) in [7, 11) is 0. The molecule has 0 aliphatic carbocycles. The second-order valence-electron chi connectivity index (χ2n) is 5.24. The first-order valence-corrected chi connectivity index (χ1v) is 6.64. The summed E-state index contributed by atoms with van der Waals surface area (Å²) in [6.45, 7) is 7.83. The van der Waals surface area contributed by atoms with Crippen LogP contribution in [0.5, 0.6) is 0 Å². The lowest BCUT2D eigenvalue weighted by molar-refractivity contribution is 0.102. The zero-order chi connectivity index (χ0) is 14.9. The van der Waals surface area contributed by atoms with E-state index in [0.29, 0.717) is 11.3 Å². The van der Waals surface area contributed by atoms with Crippen LogP contribution < -0.4 is 11.1 Å². The molecule has 3 heteroatoms. The molecule has 0 heterocycles. The van der Waals surface area contributed by atoms with Crippen molar-refractivity contribution in [1.29, 1.82) is 0 Å². The summed E-state index contributed by atoms with van der Waals surface area (Å²) in [5.41, 5.74) is 12.1. The Morgan fingerprint density at radius 3 is 2.15 bits per heavy atom. The molecule has 0 saturated heterocycles. The van der Waals surface area contributed by atoms with Crippen LogP contribution in [-0.4, -0.2) is 5.91 Å². The second-order valence-corrected chi connectivity index (χ2v) is 5.24. The molecule has 0 saturated carbocycles. The van der Waals surface area contributed by atoms with Crippen molar-refractivity contribution in [2.24, 2.45) is 0 Å². The third-order valence-corrected chi connectivity index (χ3v) is 3.58. The standard InChI is InChI=1S/C17H20N2O/c1-10-6-5-7-11(2)16(10)19-17(20)14-9-15(18)13(4)8-12(14)3/h5-9H,18H2,1-4H3,(H,19,20). The molecule has 0 fully saturated rings. The number of nitrogens with two attached hydrogens (primary N) is 1. The Morgan fingerprint density at radius 1 is 0.950 bits per heavy atom. The first-order chi connectivity index (χ1) is 9.40. The Balaban J connectivity index is 2.36. The Bertz CT molecular complexity index is 655. The molecule has 0 spiro atoms. The molecule has 0 atom stereocenters. The van der Waals surface area contributed by atoms with E-state index in [4.69, 9.17) is 5.73 Å². The summed E-state index contributed by atoms with van der Waals surface area (Å²) in [5, 5.41) is 2.99. The highest BCUT2D eigenvalue weighted by molar-refractivity contribution is 6.06. The van der Waals surface area contributed by atoms with Crippen LogP contribution in [0, 0.1) is 27.7 Å². The maximum atomic E-state index is 12.4. The van der Waals surface area contributed by atoms with Gasteiger partial charge in [0.05, 0.1) is 0 Å². The number of nitrogen functional groups attached to an aromatic ring is 1. The minimum atomic E-state index is -0.119. The predicted molar refractivity (Wildman–Crippen MR) is 84.2 cm³/mol. The van der Waals surface area contributed by atoms with Crippen LogP contribution in [0.3, 0.4) is 0 Å². The summed E-state index contributed by atoms with van der Waals surface area (Å²) < 4.78 is 0. The van der Waals surface area contributed by atoms with E-state index in [1.165, 1.54) is 0 Å². The molecule has 0 aliphatic heterocycles. The van der Waals surface area contributed by atoms with E-state index in [0.717, 1.165) is 27.9 Å². The topological polar surface area (TPSA) is 55.1 Å². The number of aryl methyl sites for hydroxylation is 4. The van der Waals surface area contributed by atoms with Gasteiger partial charge in [-0.3, -0.25) is 4.79 Å². The van der Waals surface area contributed by atoms with E-state index in [1.54, 1.807) is 6.07 Å². The van der Waals surface area contributed by atoms with Gasteiger partial charge in [0, 0.05) is 16.9 Å². The van der Waals surface area contributed by atoms with E-state index in [2.05, 4.69) is 5.32 Å². The summed E-state index contributed by atoms with van der Waals surface area (Å²) in [4.78, 5) is 12.4. The number of carbonyl (C=O) groups excluding carboxylic acids is 1. The number of amides is 1. The highest BCUT2D eigenvalue weighted by Crippen LogP contribution is 2.23. The van der Waals surface area contributed by atoms with E-state index in [-0.39, 0.29) is 5.91 Å². The average Bonchev–Trinajstić information content (AvgIpc) is 2.38. The number of hydrogen-bond donors (Lipinski definition) is 2. The van der Waals surface area contributed by atoms with Crippen molar-refractivity contribution < 1.29 is 4.79 Å². The largest absolute Gasteiger partial charge is 0.398 e. The van der Waals surface area contributed by atoms with Crippen LogP contribution in [0.4, 0.5) is 11.4 Å². The van der Waals surface area contributed by atoms with Crippen molar-refractivity contribution in [2.75, 3.05) is 11.1 Å². The molecule has 0 aliphatic rings. The lowest BCUT2D eigenvalue weighted by Crippen LogP contribution is -2.15. The molecule has 1 amide bonds. The number of benzene rings is 2. The van der Waals surface area contributed by atoms with Crippen LogP contribution >= 0.6 is 0 Å². The Labute approximate surface area is 119 Å². The van der Waals surface area contributed by atoms with E-state index in [9.17, 15) is 4.79 Å². The minimum Gasteiger partial charge on any atom is -0.398 e. The number of hydrogen-bond acceptors (Lipinski definition) is 2. The van der Waals surface area contributed by atoms with Crippen LogP contribution in [0.1, 0.15) is 32.6 Å². The van der Waals surface area contributed by atoms with Gasteiger partial charge in [0.25, 0.3) is 5.91 Å². The van der Waals surface area contributed by atoms with Crippen LogP contribution in [0.15, 0.2) is 30.3 Å². The van der Waals surface area contributed by atoms with Gasteiger partial charge >= 0.3 is 0 Å². The van der Waals surface area contributed by atoms with E-state index in [1.807, 2.05) is 52.0 Å². The number of carbonyl (C=O) groups is 1. The fraction of sp³-hybridized carbons (Fsp3) is 0.235. The third kappa shape index (κ3) is 2.67. The van der Waals surface area contributed by atoms with Gasteiger partial charge in [0.15, 0.2) is 0 Å². The first-order valence-electron chi connectivity index (χ1n) is 6.64. The molecule has 0 aromatic heterocycles. The van der Waals surface area contributed by atoms with Crippen molar-refractivity contribution >= 4 is 17.3 Å². The quantitative estimate of drug-likeness (QED) is 0.815. The molecule has 0 bridgehead atoms. The minimum absolute atomic E-state index is 0.119. The lowest BCUT2D eigenvalue weighted by atomic mass is 10.0. The number of para-hydroxylation sites is 1. The molecule has 0 radical (unpaired) electrons. The Morgan fingerprint density at radius 2 is 1.55 bits per heavy atom. The van der Waals surface area contributed by atoms with Gasteiger partial charge in [0.2, 0.25) is 0 Å². The SMILES string of the molecule is Cc1cc(C)c(C(=O)Nc2c(C)cccc2C)cc1N. The Kier molecular flexibility index (Phi) is 3.79. The smallest absolute Gasteiger partial charge is 0.256 e. The maximum Gasteiger partial charge on any atom is 0.256 e. The zero-order valence-electron chi connectivity index (χ0n) is 12.4. The molecule has 3 N–H and O–H groups in total. The zero-order valence-corrected chi connectivity index (χ0v) is 12.4. The monoisotopic (exact) mass is 268 g/mol. The van der Waals surface area contributed by atoms with Crippen molar-refractivity contribution in [3.8, 4) is 0 Å². The van der Waals surface area contributed by atoms with Gasteiger partial charge < -0.3 is 11.1 Å². The van der Waals surface area contributed by atoms with Gasteiger partial charge in [-0.25, -0.2) is 0 Å². The van der Waals surface area contributed by atoms with Crippen molar-refractivity contribution in [3.05, 3.63) is 58.1 Å². The molecule has 2 aromatic carbocycles. The summed E-state index contributed by atoms with van der Waals surface area (Å²) in [5.74, 6) is -0.119. The highest BCUT2D eigenvalue weighted by Gasteiger charge is 2.13. The molecular weight excluding hydrogens is 248 g/mol. The van der Waals surface area contributed by atoms with Crippen molar-refractivity contribution in [2.45, 2.75) is 27.7 Å². The molecular formula is C17H20N2O. The maximum absolute atomic E-state index is 12.4. The summed E-state index contributed by atoms with van der Waals surface area (Å²) in [6.07, 6.45) is 0. The fourth-order valence-corrected chi connectivity index (χ4v) is 2.31. The van der Waals surface area contributed by atoms with Crippen molar-refractivity contribution in [1.82, 2.24) is 0 Å². The molecule has 2 rings (SSSR count). The van der Waals surface area contributed by atoms with Gasteiger partial charge in [-0.15, -0.1) is 0 Å². The van der Waals surface area contributed by atoms with Gasteiger partial charge in [-0.1, -0.05) is 24.3 Å². The van der Waals surface area contributed by atoms with Gasteiger partial charge in [0.1, 0.15) is 0 Å². The first kappa shape index (κ1) is 14.1. The number of anilines is 2. The van der Waals surface area contributed by atoms with Crippen molar-refractivity contribution in [3.63, 3.8) is 0 Å². The number of rotatable bonds is 2. The molecule has 20 heavy (non-hydrogen) atoms. The average molecular weight is 268 g/mol. The molecule has 3 nitrogen and oxygen atoms in total. The fourth-order valence-electron chi connectivity index (χ4n) is 2.31. The number of nitrogens with one attached hydrogen (secondary N) is 1. The molecule has 0 unspecified atom stereocenters. The molecule has 104 valence electrons. The summed E-state index contributed by atoms with van der Waals surface area (Å²) >= 11 is 0. The predicted octanol–water partition coefficient (Wildman–Crippen LogP) is 3.75. The van der Waals surface area contributed by atoms with Gasteiger partial charge in [-0.2, -0.15) is 0 Å². The van der Waals surface area contributed by atoms with Crippen LogP contribution in [-0.2, 0) is 0 Å². The second kappa shape index (κ2) is 5.37. The van der Waals surface area contributed by atoms with Crippen LogP contribution in [0.25, 0.3) is 0 Å². The Hall–Kier alpha value is -2.29. The van der Waals surface area contributed by atoms with E-state index < -0.39 is 0 Å². The van der Waals surface area contributed by atoms with E-state index >= 15 is 0 Å².